The van der Waals surface area contributed by atoms with Gasteiger partial charge in [0.1, 0.15) is 4.21 Å². The van der Waals surface area contributed by atoms with Crippen molar-refractivity contribution in [3.8, 4) is 0 Å². The number of nitrogens with one attached hydrogen (secondary N) is 1. The van der Waals surface area contributed by atoms with Crippen LogP contribution in [-0.4, -0.2) is 15.5 Å². The Bertz CT molecular complexity index is 742. The molecule has 0 amide bonds. The van der Waals surface area contributed by atoms with E-state index in [1.807, 2.05) is 6.07 Å². The Morgan fingerprint density at radius 1 is 1.38 bits per heavy atom. The van der Waals surface area contributed by atoms with E-state index in [4.69, 9.17) is 16.3 Å². The van der Waals surface area contributed by atoms with Crippen LogP contribution in [0.4, 0.5) is 5.69 Å². The maximum Gasteiger partial charge on any atom is 0.271 e. The molecule has 0 bridgehead atoms. The standard InChI is InChI=1S/C12H10Br2ClNO3S2/c1-19-6-7-8(13)3-2-4-10(7)16-21(17,18)11-5-9(15)12(14)20-11/h2-5,16H,6H2,1H3. The molecule has 0 aliphatic rings. The zero-order valence-electron chi connectivity index (χ0n) is 10.7. The Hall–Kier alpha value is -0.120. The molecule has 0 fully saturated rings. The van der Waals surface area contributed by atoms with Crippen LogP contribution in [0.5, 0.6) is 0 Å². The lowest BCUT2D eigenvalue weighted by Crippen LogP contribution is -2.13. The molecule has 4 nitrogen and oxygen atoms in total. The van der Waals surface area contributed by atoms with Gasteiger partial charge in [-0.15, -0.1) is 11.3 Å². The van der Waals surface area contributed by atoms with Gasteiger partial charge in [0.25, 0.3) is 10.0 Å². The van der Waals surface area contributed by atoms with Gasteiger partial charge in [0.15, 0.2) is 0 Å². The van der Waals surface area contributed by atoms with Gasteiger partial charge in [-0.05, 0) is 34.1 Å². The van der Waals surface area contributed by atoms with Crippen LogP contribution >= 0.6 is 54.8 Å². The summed E-state index contributed by atoms with van der Waals surface area (Å²) in [6.07, 6.45) is 0. The number of ether oxygens (including phenoxy) is 1. The van der Waals surface area contributed by atoms with Crippen molar-refractivity contribution in [3.05, 3.63) is 43.1 Å². The number of hydrogen-bond acceptors (Lipinski definition) is 4. The van der Waals surface area contributed by atoms with Crippen molar-refractivity contribution in [1.29, 1.82) is 0 Å². The molecular formula is C12H10Br2ClNO3S2. The van der Waals surface area contributed by atoms with Crippen LogP contribution in [0.2, 0.25) is 5.02 Å². The number of hydrogen-bond donors (Lipinski definition) is 1. The Balaban J connectivity index is 2.39. The van der Waals surface area contributed by atoms with E-state index in [0.717, 1.165) is 21.4 Å². The van der Waals surface area contributed by atoms with E-state index in [1.165, 1.54) is 6.07 Å². The number of rotatable bonds is 5. The fourth-order valence-electron chi connectivity index (χ4n) is 1.60. The quantitative estimate of drug-likeness (QED) is 0.671. The molecule has 1 N–H and O–H groups in total. The smallest absolute Gasteiger partial charge is 0.271 e. The number of sulfonamides is 1. The molecule has 0 radical (unpaired) electrons. The third-order valence-corrected chi connectivity index (χ3v) is 7.60. The van der Waals surface area contributed by atoms with E-state index in [9.17, 15) is 8.42 Å². The SMILES string of the molecule is COCc1c(Br)cccc1NS(=O)(=O)c1cc(Cl)c(Br)s1. The maximum atomic E-state index is 12.4. The monoisotopic (exact) mass is 473 g/mol. The molecule has 2 aromatic rings. The summed E-state index contributed by atoms with van der Waals surface area (Å²) in [6, 6.07) is 6.66. The first-order valence-electron chi connectivity index (χ1n) is 5.59. The lowest BCUT2D eigenvalue weighted by Gasteiger charge is -2.12. The highest BCUT2D eigenvalue weighted by molar-refractivity contribution is 9.11. The van der Waals surface area contributed by atoms with Crippen molar-refractivity contribution in [2.75, 3.05) is 11.8 Å². The third-order valence-electron chi connectivity index (χ3n) is 2.54. The predicted molar refractivity (Wildman–Crippen MR) is 92.7 cm³/mol. The Morgan fingerprint density at radius 2 is 2.10 bits per heavy atom. The maximum absolute atomic E-state index is 12.4. The summed E-state index contributed by atoms with van der Waals surface area (Å²) < 4.78 is 34.0. The van der Waals surface area contributed by atoms with Crippen LogP contribution < -0.4 is 4.72 Å². The number of methoxy groups -OCH3 is 1. The van der Waals surface area contributed by atoms with Crippen molar-refractivity contribution < 1.29 is 13.2 Å². The highest BCUT2D eigenvalue weighted by Crippen LogP contribution is 2.36. The van der Waals surface area contributed by atoms with Crippen LogP contribution in [0.1, 0.15) is 5.56 Å². The zero-order valence-corrected chi connectivity index (χ0v) is 16.3. The summed E-state index contributed by atoms with van der Waals surface area (Å²) in [5.41, 5.74) is 1.19. The predicted octanol–water partition coefficient (Wildman–Crippen LogP) is 4.87. The molecule has 0 atom stereocenters. The average molecular weight is 476 g/mol. The molecule has 21 heavy (non-hydrogen) atoms. The van der Waals surface area contributed by atoms with Gasteiger partial charge in [0, 0.05) is 17.1 Å². The van der Waals surface area contributed by atoms with Gasteiger partial charge in [0.2, 0.25) is 0 Å². The summed E-state index contributed by atoms with van der Waals surface area (Å²) in [7, 11) is -2.15. The molecule has 1 heterocycles. The highest BCUT2D eigenvalue weighted by Gasteiger charge is 2.21. The molecule has 0 aliphatic heterocycles. The molecule has 0 aliphatic carbocycles. The lowest BCUT2D eigenvalue weighted by atomic mass is 10.2. The van der Waals surface area contributed by atoms with Gasteiger partial charge >= 0.3 is 0 Å². The number of thiophene rings is 1. The summed E-state index contributed by atoms with van der Waals surface area (Å²) >= 11 is 13.5. The third kappa shape index (κ3) is 4.00. The van der Waals surface area contributed by atoms with E-state index < -0.39 is 10.0 Å². The molecule has 2 rings (SSSR count). The summed E-state index contributed by atoms with van der Waals surface area (Å²) in [5, 5.41) is 0.367. The fraction of sp³-hybridized carbons (Fsp3) is 0.167. The molecule has 0 saturated carbocycles. The molecule has 1 aromatic carbocycles. The van der Waals surface area contributed by atoms with Crippen LogP contribution in [0.15, 0.2) is 36.7 Å². The minimum Gasteiger partial charge on any atom is -0.380 e. The minimum absolute atomic E-state index is 0.141. The second kappa shape index (κ2) is 6.97. The molecule has 0 unspecified atom stereocenters. The second-order valence-corrected chi connectivity index (χ2v) is 9.53. The first-order valence-corrected chi connectivity index (χ1v) is 9.85. The molecule has 0 spiro atoms. The van der Waals surface area contributed by atoms with Crippen molar-refractivity contribution in [2.24, 2.45) is 0 Å². The van der Waals surface area contributed by atoms with Crippen molar-refractivity contribution in [3.63, 3.8) is 0 Å². The van der Waals surface area contributed by atoms with E-state index >= 15 is 0 Å². The topological polar surface area (TPSA) is 55.4 Å². The average Bonchev–Trinajstić information content (AvgIpc) is 2.74. The van der Waals surface area contributed by atoms with Crippen LogP contribution in [0.3, 0.4) is 0 Å². The normalized spacial score (nSPS) is 11.6. The van der Waals surface area contributed by atoms with Crippen LogP contribution in [0.25, 0.3) is 0 Å². The molecule has 114 valence electrons. The largest absolute Gasteiger partial charge is 0.380 e. The van der Waals surface area contributed by atoms with Crippen molar-refractivity contribution in [2.45, 2.75) is 10.8 Å². The Labute approximate surface area is 148 Å². The molecule has 0 saturated heterocycles. The molecule has 1 aromatic heterocycles. The van der Waals surface area contributed by atoms with Crippen molar-refractivity contribution in [1.82, 2.24) is 0 Å². The van der Waals surface area contributed by atoms with Crippen LogP contribution in [0, 0.1) is 0 Å². The minimum atomic E-state index is -3.69. The summed E-state index contributed by atoms with van der Waals surface area (Å²) in [4.78, 5) is 0. The summed E-state index contributed by atoms with van der Waals surface area (Å²) in [5.74, 6) is 0. The highest BCUT2D eigenvalue weighted by atomic mass is 79.9. The molecule has 9 heteroatoms. The van der Waals surface area contributed by atoms with Crippen molar-refractivity contribution >= 4 is 70.5 Å². The first-order chi connectivity index (χ1) is 9.85. The van der Waals surface area contributed by atoms with Gasteiger partial charge in [0.05, 0.1) is 21.1 Å². The number of anilines is 1. The first kappa shape index (κ1) is 17.2. The van der Waals surface area contributed by atoms with E-state index in [0.29, 0.717) is 14.5 Å². The van der Waals surface area contributed by atoms with Gasteiger partial charge < -0.3 is 4.74 Å². The lowest BCUT2D eigenvalue weighted by molar-refractivity contribution is 0.185. The van der Waals surface area contributed by atoms with E-state index in [-0.39, 0.29) is 10.8 Å². The van der Waals surface area contributed by atoms with Crippen LogP contribution in [-0.2, 0) is 21.4 Å². The van der Waals surface area contributed by atoms with E-state index in [2.05, 4.69) is 36.6 Å². The number of benzene rings is 1. The Morgan fingerprint density at radius 3 is 2.67 bits per heavy atom. The van der Waals surface area contributed by atoms with E-state index in [1.54, 1.807) is 19.2 Å². The molecular weight excluding hydrogens is 466 g/mol. The summed E-state index contributed by atoms with van der Waals surface area (Å²) in [6.45, 7) is 0.286. The van der Waals surface area contributed by atoms with Gasteiger partial charge in [-0.2, -0.15) is 0 Å². The number of halogens is 3. The van der Waals surface area contributed by atoms with Gasteiger partial charge in [-0.25, -0.2) is 8.42 Å². The Kier molecular flexibility index (Phi) is 5.72. The zero-order chi connectivity index (χ0) is 15.6. The fourth-order valence-corrected chi connectivity index (χ4v) is 5.57. The second-order valence-electron chi connectivity index (χ2n) is 3.99. The van der Waals surface area contributed by atoms with Gasteiger partial charge in [-0.1, -0.05) is 33.6 Å². The van der Waals surface area contributed by atoms with Gasteiger partial charge in [-0.3, -0.25) is 4.72 Å².